The summed E-state index contributed by atoms with van der Waals surface area (Å²) >= 11 is 0. The fourth-order valence-electron chi connectivity index (χ4n) is 3.22. The lowest BCUT2D eigenvalue weighted by molar-refractivity contribution is -0.137. The second-order valence-electron chi connectivity index (χ2n) is 6.87. The number of carbonyl (C=O) groups excluding carboxylic acids is 1. The van der Waals surface area contributed by atoms with Crippen molar-refractivity contribution < 1.29 is 18.0 Å². The molecule has 0 spiro atoms. The number of nitrogens with one attached hydrogen (secondary N) is 1. The summed E-state index contributed by atoms with van der Waals surface area (Å²) in [6, 6.07) is 10.3. The Bertz CT molecular complexity index is 871. The maximum Gasteiger partial charge on any atom is 0.416 e. The summed E-state index contributed by atoms with van der Waals surface area (Å²) in [4.78, 5) is 14.4. The topological polar surface area (TPSA) is 44.7 Å². The number of amides is 1. The van der Waals surface area contributed by atoms with Crippen LogP contribution in [0.15, 0.2) is 47.6 Å². The molecule has 1 fully saturated rings. The largest absolute Gasteiger partial charge is 0.416 e. The summed E-state index contributed by atoms with van der Waals surface area (Å²) in [7, 11) is 0. The van der Waals surface area contributed by atoms with E-state index < -0.39 is 17.6 Å². The Labute approximate surface area is 162 Å². The molecule has 2 aromatic carbocycles. The minimum absolute atomic E-state index is 0.0934. The molecule has 0 saturated carbocycles. The number of alkyl halides is 3. The van der Waals surface area contributed by atoms with Crippen LogP contribution in [0, 0.1) is 6.92 Å². The van der Waals surface area contributed by atoms with Gasteiger partial charge in [0.1, 0.15) is 0 Å². The smallest absolute Gasteiger partial charge is 0.372 e. The highest BCUT2D eigenvalue weighted by molar-refractivity contribution is 5.95. The van der Waals surface area contributed by atoms with Gasteiger partial charge in [0, 0.05) is 24.3 Å². The second-order valence-corrected chi connectivity index (χ2v) is 6.87. The van der Waals surface area contributed by atoms with Gasteiger partial charge in [0.15, 0.2) is 0 Å². The van der Waals surface area contributed by atoms with Crippen molar-refractivity contribution in [3.8, 4) is 0 Å². The first-order chi connectivity index (χ1) is 13.3. The average Bonchev–Trinajstić information content (AvgIpc) is 2.69. The molecule has 1 aliphatic rings. The third-order valence-corrected chi connectivity index (χ3v) is 4.80. The molecule has 7 heteroatoms. The molecule has 3 rings (SSSR count). The van der Waals surface area contributed by atoms with Crippen molar-refractivity contribution in [2.24, 2.45) is 5.10 Å². The zero-order valence-corrected chi connectivity index (χ0v) is 15.6. The Kier molecular flexibility index (Phi) is 6.02. The minimum atomic E-state index is -4.49. The summed E-state index contributed by atoms with van der Waals surface area (Å²) in [6.07, 6.45) is 0.674. The van der Waals surface area contributed by atoms with Crippen molar-refractivity contribution in [3.63, 3.8) is 0 Å². The second kappa shape index (κ2) is 8.46. The third-order valence-electron chi connectivity index (χ3n) is 4.80. The molecular formula is C21H22F3N3O. The van der Waals surface area contributed by atoms with Gasteiger partial charge in [0.25, 0.3) is 5.91 Å². The number of hydrogen-bond donors (Lipinski definition) is 1. The number of carbonyl (C=O) groups is 1. The van der Waals surface area contributed by atoms with Crippen LogP contribution in [-0.4, -0.2) is 25.2 Å². The highest BCUT2D eigenvalue weighted by Crippen LogP contribution is 2.29. The van der Waals surface area contributed by atoms with E-state index >= 15 is 0 Å². The zero-order chi connectivity index (χ0) is 20.1. The highest BCUT2D eigenvalue weighted by atomic mass is 19.4. The lowest BCUT2D eigenvalue weighted by atomic mass is 10.1. The number of anilines is 1. The lowest BCUT2D eigenvalue weighted by Gasteiger charge is -2.29. The van der Waals surface area contributed by atoms with Crippen LogP contribution < -0.4 is 10.3 Å². The first-order valence-electron chi connectivity index (χ1n) is 9.21. The number of hydrazone groups is 1. The average molecular weight is 389 g/mol. The summed E-state index contributed by atoms with van der Waals surface area (Å²) in [6.45, 7) is 4.07. The molecule has 0 atom stereocenters. The fourth-order valence-corrected chi connectivity index (χ4v) is 3.22. The van der Waals surface area contributed by atoms with Crippen molar-refractivity contribution in [2.75, 3.05) is 18.0 Å². The molecule has 148 valence electrons. The molecule has 1 heterocycles. The van der Waals surface area contributed by atoms with Crippen molar-refractivity contribution in [2.45, 2.75) is 32.4 Å². The first kappa shape index (κ1) is 19.9. The highest BCUT2D eigenvalue weighted by Gasteiger charge is 2.30. The maximum atomic E-state index is 12.8. The number of nitrogens with zero attached hydrogens (tertiary/aromatic N) is 2. The summed E-state index contributed by atoms with van der Waals surface area (Å²) in [5, 5.41) is 3.89. The first-order valence-corrected chi connectivity index (χ1v) is 9.21. The van der Waals surface area contributed by atoms with Gasteiger partial charge < -0.3 is 4.90 Å². The number of halogens is 3. The van der Waals surface area contributed by atoms with Gasteiger partial charge >= 0.3 is 6.18 Å². The van der Waals surface area contributed by atoms with Crippen LogP contribution in [0.1, 0.15) is 46.3 Å². The number of piperidine rings is 1. The molecule has 0 bridgehead atoms. The standard InChI is InChI=1S/C21H22F3N3O/c1-15-12-19(27-10-3-2-4-11-27)9-8-17(15)14-25-26-20(28)16-6-5-7-18(13-16)21(22,23)24/h5-9,12-14H,2-4,10-11H2,1H3,(H,26,28)/b25-14-. The number of hydrogen-bond acceptors (Lipinski definition) is 3. The van der Waals surface area contributed by atoms with Gasteiger partial charge in [-0.3, -0.25) is 4.79 Å². The summed E-state index contributed by atoms with van der Waals surface area (Å²) in [5.41, 5.74) is 4.34. The Morgan fingerprint density at radius 1 is 1.11 bits per heavy atom. The molecule has 0 unspecified atom stereocenters. The molecule has 2 aromatic rings. The fraction of sp³-hybridized carbons (Fsp3) is 0.333. The van der Waals surface area contributed by atoms with E-state index in [1.54, 1.807) is 0 Å². The van der Waals surface area contributed by atoms with Gasteiger partial charge in [0.2, 0.25) is 0 Å². The molecule has 4 nitrogen and oxygen atoms in total. The van der Waals surface area contributed by atoms with Gasteiger partial charge in [-0.2, -0.15) is 18.3 Å². The molecule has 1 N–H and O–H groups in total. The van der Waals surface area contributed by atoms with Crippen molar-refractivity contribution in [3.05, 3.63) is 64.7 Å². The van der Waals surface area contributed by atoms with E-state index in [1.165, 1.54) is 43.3 Å². The zero-order valence-electron chi connectivity index (χ0n) is 15.6. The van der Waals surface area contributed by atoms with E-state index in [0.29, 0.717) is 0 Å². The SMILES string of the molecule is Cc1cc(N2CCCCC2)ccc1/C=N\NC(=O)c1cccc(C(F)(F)F)c1. The van der Waals surface area contributed by atoms with E-state index in [0.717, 1.165) is 36.3 Å². The normalized spacial score (nSPS) is 15.1. The van der Waals surface area contributed by atoms with Crippen molar-refractivity contribution in [1.82, 2.24) is 5.43 Å². The maximum absolute atomic E-state index is 12.8. The molecule has 1 aliphatic heterocycles. The van der Waals surface area contributed by atoms with E-state index in [9.17, 15) is 18.0 Å². The Morgan fingerprint density at radius 2 is 1.86 bits per heavy atom. The number of benzene rings is 2. The Balaban J connectivity index is 1.65. The van der Waals surface area contributed by atoms with Crippen LogP contribution in [0.25, 0.3) is 0 Å². The van der Waals surface area contributed by atoms with Gasteiger partial charge in [-0.1, -0.05) is 12.1 Å². The van der Waals surface area contributed by atoms with Crippen LogP contribution in [0.5, 0.6) is 0 Å². The monoisotopic (exact) mass is 389 g/mol. The van der Waals surface area contributed by atoms with Crippen LogP contribution in [-0.2, 0) is 6.18 Å². The Hall–Kier alpha value is -2.83. The Morgan fingerprint density at radius 3 is 2.54 bits per heavy atom. The molecule has 28 heavy (non-hydrogen) atoms. The molecule has 0 aromatic heterocycles. The van der Waals surface area contributed by atoms with E-state index in [1.807, 2.05) is 19.1 Å². The van der Waals surface area contributed by atoms with E-state index in [2.05, 4.69) is 21.5 Å². The van der Waals surface area contributed by atoms with E-state index in [4.69, 9.17) is 0 Å². The molecular weight excluding hydrogens is 367 g/mol. The molecule has 0 radical (unpaired) electrons. The van der Waals surface area contributed by atoms with Crippen LogP contribution in [0.3, 0.4) is 0 Å². The van der Waals surface area contributed by atoms with Gasteiger partial charge in [-0.05, 0) is 67.6 Å². The van der Waals surface area contributed by atoms with Gasteiger partial charge in [-0.15, -0.1) is 0 Å². The quantitative estimate of drug-likeness (QED) is 0.605. The predicted octanol–water partition coefficient (Wildman–Crippen LogP) is 4.77. The summed E-state index contributed by atoms with van der Waals surface area (Å²) < 4.78 is 38.3. The number of aryl methyl sites for hydroxylation is 1. The van der Waals surface area contributed by atoms with Crippen molar-refractivity contribution >= 4 is 17.8 Å². The third kappa shape index (κ3) is 4.91. The summed E-state index contributed by atoms with van der Waals surface area (Å²) in [5.74, 6) is -0.690. The van der Waals surface area contributed by atoms with Crippen molar-refractivity contribution in [1.29, 1.82) is 0 Å². The van der Waals surface area contributed by atoms with E-state index in [-0.39, 0.29) is 5.56 Å². The molecule has 0 aliphatic carbocycles. The lowest BCUT2D eigenvalue weighted by Crippen LogP contribution is -2.29. The van der Waals surface area contributed by atoms with Crippen LogP contribution in [0.4, 0.5) is 18.9 Å². The van der Waals surface area contributed by atoms with Crippen LogP contribution in [0.2, 0.25) is 0 Å². The molecule has 1 amide bonds. The van der Waals surface area contributed by atoms with Crippen LogP contribution >= 0.6 is 0 Å². The van der Waals surface area contributed by atoms with Gasteiger partial charge in [-0.25, -0.2) is 5.43 Å². The minimum Gasteiger partial charge on any atom is -0.372 e. The predicted molar refractivity (Wildman–Crippen MR) is 104 cm³/mol. The molecule has 1 saturated heterocycles. The number of rotatable bonds is 4. The van der Waals surface area contributed by atoms with Gasteiger partial charge in [0.05, 0.1) is 11.8 Å².